The summed E-state index contributed by atoms with van der Waals surface area (Å²) in [5.74, 6) is -4.81. The number of halogens is 4. The van der Waals surface area contributed by atoms with Crippen LogP contribution in [0.1, 0.15) is 30.1 Å². The Balaban J connectivity index is 1.43. The molecule has 1 aromatic heterocycles. The number of likely N-dealkylation sites (tertiary alicyclic amines) is 1. The van der Waals surface area contributed by atoms with Gasteiger partial charge in [-0.05, 0) is 66.8 Å². The van der Waals surface area contributed by atoms with E-state index in [1.165, 1.54) is 31.4 Å². The molecule has 2 amide bonds. The molecule has 1 saturated heterocycles. The number of nitrogens with zero attached hydrogens (tertiary/aromatic N) is 3. The Bertz CT molecular complexity index is 1520. The summed E-state index contributed by atoms with van der Waals surface area (Å²) in [7, 11) is 2.95. The number of carbonyl (C=O) groups is 2. The first-order valence-corrected chi connectivity index (χ1v) is 14.6. The largest absolute Gasteiger partial charge is 0.481 e. The van der Waals surface area contributed by atoms with E-state index in [-0.39, 0.29) is 51.9 Å². The Morgan fingerprint density at radius 3 is 2.52 bits per heavy atom. The minimum Gasteiger partial charge on any atom is -0.481 e. The molecule has 3 aliphatic rings. The van der Waals surface area contributed by atoms with E-state index in [0.29, 0.717) is 13.1 Å². The molecular formula is C31H35F4N5O6. The molecule has 248 valence electrons. The minimum absolute atomic E-state index is 0.00430. The van der Waals surface area contributed by atoms with Crippen LogP contribution in [0.2, 0.25) is 0 Å². The lowest BCUT2D eigenvalue weighted by Gasteiger charge is -2.39. The van der Waals surface area contributed by atoms with Crippen LogP contribution in [0.5, 0.6) is 11.6 Å². The lowest BCUT2D eigenvalue weighted by Crippen LogP contribution is -2.58. The highest BCUT2D eigenvalue weighted by Crippen LogP contribution is 2.36. The number of ether oxygens (including phenoxy) is 3. The van der Waals surface area contributed by atoms with Gasteiger partial charge in [0.1, 0.15) is 11.6 Å². The maximum Gasteiger partial charge on any atom is 0.387 e. The van der Waals surface area contributed by atoms with Crippen LogP contribution in [-0.2, 0) is 9.53 Å². The molecule has 2 aromatic rings. The summed E-state index contributed by atoms with van der Waals surface area (Å²) in [5, 5.41) is 17.1. The third kappa shape index (κ3) is 7.77. The van der Waals surface area contributed by atoms with Gasteiger partial charge in [-0.15, -0.1) is 0 Å². The van der Waals surface area contributed by atoms with Crippen LogP contribution in [0.4, 0.5) is 23.4 Å². The molecule has 2 fully saturated rings. The zero-order valence-electron chi connectivity index (χ0n) is 25.4. The van der Waals surface area contributed by atoms with Gasteiger partial charge in [0.05, 0.1) is 37.4 Å². The van der Waals surface area contributed by atoms with Crippen molar-refractivity contribution >= 4 is 17.6 Å². The Morgan fingerprint density at radius 2 is 1.89 bits per heavy atom. The van der Waals surface area contributed by atoms with E-state index in [9.17, 15) is 32.3 Å². The predicted molar refractivity (Wildman–Crippen MR) is 159 cm³/mol. The Kier molecular flexibility index (Phi) is 9.84. The molecule has 1 aliphatic carbocycles. The minimum atomic E-state index is -3.18. The summed E-state index contributed by atoms with van der Waals surface area (Å²) >= 11 is 0. The number of nitrogens with one attached hydrogen (secondary N) is 2. The van der Waals surface area contributed by atoms with E-state index < -0.39 is 43.7 Å². The van der Waals surface area contributed by atoms with Gasteiger partial charge in [-0.1, -0.05) is 0 Å². The normalized spacial score (nSPS) is 19.6. The van der Waals surface area contributed by atoms with Crippen molar-refractivity contribution < 1.29 is 46.5 Å². The molecule has 3 N–H and O–H groups in total. The number of benzene rings is 1. The molecular weight excluding hydrogens is 614 g/mol. The van der Waals surface area contributed by atoms with Crippen LogP contribution in [0.15, 0.2) is 53.8 Å². The lowest BCUT2D eigenvalue weighted by atomic mass is 9.97. The molecule has 1 saturated carbocycles. The fraction of sp³-hybridized carbons (Fsp3) is 0.452. The molecule has 11 nitrogen and oxygen atoms in total. The highest BCUT2D eigenvalue weighted by Gasteiger charge is 2.47. The van der Waals surface area contributed by atoms with E-state index in [2.05, 4.69) is 20.4 Å². The van der Waals surface area contributed by atoms with Crippen molar-refractivity contribution in [1.82, 2.24) is 20.1 Å². The Hall–Kier alpha value is -4.21. The van der Waals surface area contributed by atoms with Gasteiger partial charge in [-0.25, -0.2) is 8.78 Å². The van der Waals surface area contributed by atoms with Crippen LogP contribution < -0.4 is 20.1 Å². The lowest BCUT2D eigenvalue weighted by molar-refractivity contribution is -0.115. The third-order valence-electron chi connectivity index (χ3n) is 7.75. The van der Waals surface area contributed by atoms with E-state index >= 15 is 0 Å². The molecule has 5 rings (SSSR count). The summed E-state index contributed by atoms with van der Waals surface area (Å²) < 4.78 is 68.1. The maximum absolute atomic E-state index is 13.6. The first kappa shape index (κ1) is 33.2. The summed E-state index contributed by atoms with van der Waals surface area (Å²) in [6.45, 7) is -1.90. The van der Waals surface area contributed by atoms with Gasteiger partial charge in [-0.3, -0.25) is 9.59 Å². The fourth-order valence-electron chi connectivity index (χ4n) is 5.17. The van der Waals surface area contributed by atoms with Crippen molar-refractivity contribution in [3.05, 3.63) is 59.3 Å². The average Bonchev–Trinajstić information content (AvgIpc) is 3.85. The molecule has 2 atom stereocenters. The first-order valence-electron chi connectivity index (χ1n) is 14.6. The van der Waals surface area contributed by atoms with E-state index in [0.717, 1.165) is 29.4 Å². The van der Waals surface area contributed by atoms with Gasteiger partial charge in [0, 0.05) is 38.5 Å². The molecule has 46 heavy (non-hydrogen) atoms. The molecule has 0 radical (unpaired) electrons. The molecule has 0 spiro atoms. The molecule has 1 unspecified atom stereocenters. The highest BCUT2D eigenvalue weighted by atomic mass is 19.3. The quantitative estimate of drug-likeness (QED) is 0.279. The number of rotatable bonds is 13. The van der Waals surface area contributed by atoms with Crippen LogP contribution in [0.3, 0.4) is 0 Å². The Labute approximate surface area is 262 Å². The number of alkyl halides is 4. The smallest absolute Gasteiger partial charge is 0.387 e. The number of aromatic nitrogens is 1. The number of amides is 2. The number of methoxy groups -OCH3 is 2. The van der Waals surface area contributed by atoms with E-state index in [1.807, 2.05) is 13.1 Å². The van der Waals surface area contributed by atoms with Gasteiger partial charge in [0.25, 0.3) is 17.7 Å². The third-order valence-corrected chi connectivity index (χ3v) is 7.75. The molecule has 15 heteroatoms. The van der Waals surface area contributed by atoms with Gasteiger partial charge in [0.2, 0.25) is 5.88 Å². The number of aliphatic hydroxyl groups is 1. The zero-order valence-corrected chi connectivity index (χ0v) is 25.4. The van der Waals surface area contributed by atoms with Gasteiger partial charge >= 0.3 is 6.61 Å². The fourth-order valence-corrected chi connectivity index (χ4v) is 5.17. The number of hydrogen-bond donors (Lipinski definition) is 3. The Morgan fingerprint density at radius 1 is 1.15 bits per heavy atom. The van der Waals surface area contributed by atoms with Crippen molar-refractivity contribution in [2.24, 2.45) is 0 Å². The van der Waals surface area contributed by atoms with Gasteiger partial charge in [-0.2, -0.15) is 13.8 Å². The topological polar surface area (TPSA) is 125 Å². The van der Waals surface area contributed by atoms with Crippen molar-refractivity contribution in [3.8, 4) is 22.8 Å². The van der Waals surface area contributed by atoms with Crippen molar-refractivity contribution in [2.75, 3.05) is 45.7 Å². The number of carbonyl (C=O) groups excluding carboxylic acids is 2. The monoisotopic (exact) mass is 649 g/mol. The van der Waals surface area contributed by atoms with Gasteiger partial charge in [0.15, 0.2) is 6.23 Å². The van der Waals surface area contributed by atoms with Gasteiger partial charge < -0.3 is 39.8 Å². The number of hydrogen-bond acceptors (Lipinski definition) is 9. The molecule has 0 bridgehead atoms. The second kappa shape index (κ2) is 13.6. The van der Waals surface area contributed by atoms with Crippen LogP contribution in [0, 0.1) is 0 Å². The standard InChI is InChI=1S/C31H35F4N5O6/c1-17(44-2)12-36-13-18-8-24(29(43)40(14-18)20-4-5-20)27(41)38-25-9-19(10-26(37-25)45-3)22-7-6-21(46-30(32)33)11-23(22)28(42)39-15-31(34,35)16-39/h6-11,14,17,20,29-30,36,43H,4-5,12-13,15-16H2,1-3H3,(H,37,38,41)/t17-,29?/m0/s1. The molecule has 1 aromatic carbocycles. The maximum atomic E-state index is 13.6. The summed E-state index contributed by atoms with van der Waals surface area (Å²) in [6.07, 6.45) is 3.96. The summed E-state index contributed by atoms with van der Waals surface area (Å²) in [4.78, 5) is 33.7. The van der Waals surface area contributed by atoms with Crippen molar-refractivity contribution in [1.29, 1.82) is 0 Å². The second-order valence-corrected chi connectivity index (χ2v) is 11.4. The highest BCUT2D eigenvalue weighted by molar-refractivity contribution is 6.05. The van der Waals surface area contributed by atoms with E-state index in [4.69, 9.17) is 9.47 Å². The van der Waals surface area contributed by atoms with Crippen molar-refractivity contribution in [3.63, 3.8) is 0 Å². The van der Waals surface area contributed by atoms with Crippen LogP contribution in [0.25, 0.3) is 11.1 Å². The SMILES string of the molecule is COc1cc(-c2ccc(OC(F)F)cc2C(=O)N2CC(F)(F)C2)cc(NC(=O)C2=CC(CNC[C@H](C)OC)=CN(C3CC3)C2O)n1. The molecule has 3 heterocycles. The second-order valence-electron chi connectivity index (χ2n) is 11.4. The number of anilines is 1. The van der Waals surface area contributed by atoms with E-state index in [1.54, 1.807) is 18.1 Å². The van der Waals surface area contributed by atoms with Crippen LogP contribution in [-0.4, -0.2) is 103 Å². The predicted octanol–water partition coefficient (Wildman–Crippen LogP) is 3.62. The summed E-state index contributed by atoms with van der Waals surface area (Å²) in [5.41, 5.74) is 1.14. The molecule has 2 aliphatic heterocycles. The average molecular weight is 650 g/mol. The first-order chi connectivity index (χ1) is 21.9. The summed E-state index contributed by atoms with van der Waals surface area (Å²) in [6, 6.07) is 6.55. The zero-order chi connectivity index (χ0) is 33.2. The number of aliphatic hydroxyl groups excluding tert-OH is 1. The van der Waals surface area contributed by atoms with Crippen molar-refractivity contribution in [2.45, 2.75) is 50.7 Å². The van der Waals surface area contributed by atoms with Crippen LogP contribution >= 0.6 is 0 Å². The number of pyridine rings is 1.